The lowest BCUT2D eigenvalue weighted by atomic mass is 9.73. The predicted molar refractivity (Wildman–Crippen MR) is 112 cm³/mol. The van der Waals surface area contributed by atoms with E-state index in [1.54, 1.807) is 30.5 Å². The van der Waals surface area contributed by atoms with Crippen molar-refractivity contribution in [3.8, 4) is 5.75 Å². The molecule has 0 spiro atoms. The van der Waals surface area contributed by atoms with Gasteiger partial charge in [0.05, 0.1) is 11.6 Å². The number of nitrogens with zero attached hydrogens (tertiary/aromatic N) is 1. The molecule has 7 heteroatoms. The predicted octanol–water partition coefficient (Wildman–Crippen LogP) is 3.46. The van der Waals surface area contributed by atoms with Crippen LogP contribution in [0, 0.1) is 5.41 Å². The van der Waals surface area contributed by atoms with Gasteiger partial charge >= 0.3 is 5.97 Å². The molecule has 1 atom stereocenters. The van der Waals surface area contributed by atoms with E-state index < -0.39 is 5.97 Å². The van der Waals surface area contributed by atoms with Crippen LogP contribution in [-0.4, -0.2) is 21.8 Å². The summed E-state index contributed by atoms with van der Waals surface area (Å²) in [7, 11) is 0. The molecule has 0 saturated carbocycles. The summed E-state index contributed by atoms with van der Waals surface area (Å²) >= 11 is 5.36. The molecular weight excluding hydrogens is 386 g/mol. The van der Waals surface area contributed by atoms with Crippen LogP contribution in [0.25, 0.3) is 0 Å². The number of ketones is 1. The van der Waals surface area contributed by atoms with Crippen LogP contribution in [0.1, 0.15) is 48.7 Å². The highest BCUT2D eigenvalue weighted by atomic mass is 32.1. The van der Waals surface area contributed by atoms with Crippen molar-refractivity contribution in [2.75, 3.05) is 0 Å². The number of esters is 1. The number of carbonyl (C=O) groups is 2. The average Bonchev–Trinajstić information content (AvgIpc) is 2.67. The monoisotopic (exact) mass is 407 g/mol. The van der Waals surface area contributed by atoms with Crippen molar-refractivity contribution >= 4 is 29.1 Å². The Morgan fingerprint density at radius 1 is 1.21 bits per heavy atom. The first kappa shape index (κ1) is 19.3. The molecule has 0 bridgehead atoms. The summed E-state index contributed by atoms with van der Waals surface area (Å²) in [5, 5.41) is 6.87. The van der Waals surface area contributed by atoms with Crippen LogP contribution in [0.2, 0.25) is 0 Å². The molecule has 2 N–H and O–H groups in total. The Hall–Kier alpha value is -3.06. The van der Waals surface area contributed by atoms with Gasteiger partial charge in [0.1, 0.15) is 5.75 Å². The summed E-state index contributed by atoms with van der Waals surface area (Å²) in [5.41, 5.74) is 2.80. The zero-order chi connectivity index (χ0) is 20.6. The number of thiocarbonyl (C=S) groups is 1. The number of ether oxygens (including phenoxy) is 1. The zero-order valence-corrected chi connectivity index (χ0v) is 17.0. The molecule has 0 unspecified atom stereocenters. The summed E-state index contributed by atoms with van der Waals surface area (Å²) < 4.78 is 5.40. The molecule has 148 valence electrons. The van der Waals surface area contributed by atoms with E-state index in [-0.39, 0.29) is 17.2 Å². The van der Waals surface area contributed by atoms with Gasteiger partial charge in [-0.3, -0.25) is 9.78 Å². The molecule has 29 heavy (non-hydrogen) atoms. The number of benzene rings is 1. The van der Waals surface area contributed by atoms with Crippen molar-refractivity contribution in [3.63, 3.8) is 0 Å². The molecule has 1 aromatic carbocycles. The summed E-state index contributed by atoms with van der Waals surface area (Å²) in [5.74, 6) is 0.0713. The fraction of sp³-hybridized carbons (Fsp3) is 0.273. The van der Waals surface area contributed by atoms with Crippen molar-refractivity contribution in [2.45, 2.75) is 32.7 Å². The lowest BCUT2D eigenvalue weighted by Gasteiger charge is -2.39. The van der Waals surface area contributed by atoms with E-state index in [2.05, 4.69) is 29.5 Å². The lowest BCUT2D eigenvalue weighted by Crippen LogP contribution is -2.48. The first-order valence-corrected chi connectivity index (χ1v) is 9.79. The van der Waals surface area contributed by atoms with Gasteiger partial charge in [0.15, 0.2) is 10.9 Å². The lowest BCUT2D eigenvalue weighted by molar-refractivity contribution is -0.118. The van der Waals surface area contributed by atoms with E-state index in [1.807, 2.05) is 12.1 Å². The van der Waals surface area contributed by atoms with Gasteiger partial charge in [-0.15, -0.1) is 0 Å². The fourth-order valence-corrected chi connectivity index (χ4v) is 4.03. The van der Waals surface area contributed by atoms with Crippen LogP contribution in [0.5, 0.6) is 5.75 Å². The van der Waals surface area contributed by atoms with Gasteiger partial charge in [-0.25, -0.2) is 4.79 Å². The minimum absolute atomic E-state index is 0.0925. The highest BCUT2D eigenvalue weighted by Gasteiger charge is 2.39. The Labute approximate surface area is 174 Å². The van der Waals surface area contributed by atoms with E-state index in [4.69, 9.17) is 17.0 Å². The Kier molecular flexibility index (Phi) is 4.92. The number of nitrogens with one attached hydrogen (secondary N) is 2. The van der Waals surface area contributed by atoms with Gasteiger partial charge in [-0.1, -0.05) is 26.0 Å². The number of allylic oxidation sites excluding steroid dienone is 1. The Morgan fingerprint density at radius 3 is 2.66 bits per heavy atom. The number of hydrogen-bond donors (Lipinski definition) is 2. The first-order valence-electron chi connectivity index (χ1n) is 9.38. The van der Waals surface area contributed by atoms with Crippen molar-refractivity contribution in [3.05, 3.63) is 71.2 Å². The topological polar surface area (TPSA) is 80.3 Å². The van der Waals surface area contributed by atoms with Gasteiger partial charge < -0.3 is 15.4 Å². The molecule has 6 nitrogen and oxygen atoms in total. The third-order valence-corrected chi connectivity index (χ3v) is 5.29. The number of pyridine rings is 1. The third kappa shape index (κ3) is 4.05. The number of carbonyl (C=O) groups excluding carboxylic acids is 2. The minimum Gasteiger partial charge on any atom is -0.423 e. The van der Waals surface area contributed by atoms with Crippen molar-refractivity contribution < 1.29 is 14.3 Å². The second-order valence-electron chi connectivity index (χ2n) is 8.06. The van der Waals surface area contributed by atoms with Crippen LogP contribution in [0.4, 0.5) is 0 Å². The molecule has 0 saturated heterocycles. The molecule has 1 aliphatic heterocycles. The molecule has 4 rings (SSSR count). The quantitative estimate of drug-likeness (QED) is 0.458. The molecule has 2 heterocycles. The zero-order valence-electron chi connectivity index (χ0n) is 16.2. The average molecular weight is 407 g/mol. The second-order valence-corrected chi connectivity index (χ2v) is 8.47. The van der Waals surface area contributed by atoms with Crippen molar-refractivity contribution in [1.29, 1.82) is 0 Å². The van der Waals surface area contributed by atoms with Crippen LogP contribution in [-0.2, 0) is 4.79 Å². The van der Waals surface area contributed by atoms with E-state index >= 15 is 0 Å². The highest BCUT2D eigenvalue weighted by Crippen LogP contribution is 2.41. The van der Waals surface area contributed by atoms with E-state index in [0.717, 1.165) is 23.3 Å². The van der Waals surface area contributed by atoms with Gasteiger partial charge in [-0.2, -0.15) is 0 Å². The van der Waals surface area contributed by atoms with Gasteiger partial charge in [0, 0.05) is 30.1 Å². The van der Waals surface area contributed by atoms with Crippen molar-refractivity contribution in [2.24, 2.45) is 5.41 Å². The van der Waals surface area contributed by atoms with Crippen molar-refractivity contribution in [1.82, 2.24) is 15.6 Å². The Morgan fingerprint density at radius 2 is 1.97 bits per heavy atom. The van der Waals surface area contributed by atoms with Gasteiger partial charge in [-0.05, 0) is 53.9 Å². The molecule has 0 fully saturated rings. The minimum atomic E-state index is -0.471. The fourth-order valence-electron chi connectivity index (χ4n) is 3.79. The second kappa shape index (κ2) is 7.40. The van der Waals surface area contributed by atoms with Crippen LogP contribution in [0.15, 0.2) is 60.1 Å². The van der Waals surface area contributed by atoms with Crippen LogP contribution in [0.3, 0.4) is 0 Å². The number of aromatic nitrogens is 1. The number of hydrogen-bond acceptors (Lipinski definition) is 5. The molecule has 1 aliphatic carbocycles. The van der Waals surface area contributed by atoms with E-state index in [1.165, 1.54) is 6.20 Å². The smallest absolute Gasteiger partial charge is 0.345 e. The molecular formula is C22H21N3O3S. The SMILES string of the molecule is CC1(C)CC(=O)C2=C(C1)NC(=S)N[C@H]2c1ccc(OC(=O)c2cccnc2)cc1. The largest absolute Gasteiger partial charge is 0.423 e. The number of rotatable bonds is 3. The maximum atomic E-state index is 12.8. The summed E-state index contributed by atoms with van der Waals surface area (Å²) in [6, 6.07) is 10.1. The summed E-state index contributed by atoms with van der Waals surface area (Å²) in [4.78, 5) is 29.0. The molecule has 0 amide bonds. The van der Waals surface area contributed by atoms with E-state index in [9.17, 15) is 9.59 Å². The standard InChI is InChI=1S/C22H21N3O3S/c1-22(2)10-16-18(17(26)11-22)19(25-21(29)24-16)13-5-7-15(8-6-13)28-20(27)14-4-3-9-23-12-14/h3-9,12,19H,10-11H2,1-2H3,(H2,24,25,29)/t19-/m0/s1. The Balaban J connectivity index is 1.57. The Bertz CT molecular complexity index is 1010. The van der Waals surface area contributed by atoms with Gasteiger partial charge in [0.2, 0.25) is 0 Å². The number of Topliss-reactive ketones (excluding diaryl/α,β-unsaturated/α-hetero) is 1. The van der Waals surface area contributed by atoms with Crippen LogP contribution >= 0.6 is 12.2 Å². The molecule has 2 aliphatic rings. The maximum Gasteiger partial charge on any atom is 0.345 e. The molecule has 0 radical (unpaired) electrons. The molecule has 2 aromatic rings. The first-order chi connectivity index (χ1) is 13.8. The third-order valence-electron chi connectivity index (χ3n) is 5.07. The highest BCUT2D eigenvalue weighted by molar-refractivity contribution is 7.80. The normalized spacial score (nSPS) is 20.4. The maximum absolute atomic E-state index is 12.8. The van der Waals surface area contributed by atoms with Crippen LogP contribution < -0.4 is 15.4 Å². The summed E-state index contributed by atoms with van der Waals surface area (Å²) in [6.45, 7) is 4.17. The summed E-state index contributed by atoms with van der Waals surface area (Å²) in [6.07, 6.45) is 4.33. The van der Waals surface area contributed by atoms with Gasteiger partial charge in [0.25, 0.3) is 0 Å². The molecule has 1 aromatic heterocycles. The van der Waals surface area contributed by atoms with E-state index in [0.29, 0.717) is 22.8 Å².